The van der Waals surface area contributed by atoms with Crippen molar-refractivity contribution in [2.45, 2.75) is 25.3 Å². The number of piperidine rings is 1. The number of nitrogens with zero attached hydrogens (tertiary/aromatic N) is 1. The molecule has 0 aromatic heterocycles. The fraction of sp³-hybridized carbons (Fsp3) is 0.350. The topological polar surface area (TPSA) is 32.3 Å². The molecular weight excluding hydrogens is 339 g/mol. The molecule has 0 aliphatic carbocycles. The predicted molar refractivity (Wildman–Crippen MR) is 97.5 cm³/mol. The van der Waals surface area contributed by atoms with Crippen molar-refractivity contribution in [3.05, 3.63) is 58.4 Å². The van der Waals surface area contributed by atoms with Crippen molar-refractivity contribution < 1.29 is 9.18 Å². The molecule has 2 aromatic rings. The number of hydrogen-bond acceptors (Lipinski definition) is 2. The summed E-state index contributed by atoms with van der Waals surface area (Å²) in [5, 5.41) is 3.71. The number of amides is 1. The van der Waals surface area contributed by atoms with Crippen molar-refractivity contribution >= 4 is 17.5 Å². The summed E-state index contributed by atoms with van der Waals surface area (Å²) in [6, 6.07) is 10.6. The Labute approximate surface area is 151 Å². The van der Waals surface area contributed by atoms with Crippen LogP contribution < -0.4 is 5.32 Å². The molecule has 0 bridgehead atoms. The molecule has 2 aliphatic heterocycles. The molecule has 0 radical (unpaired) electrons. The molecule has 130 valence electrons. The number of benzene rings is 2. The fourth-order valence-electron chi connectivity index (χ4n) is 3.85. The van der Waals surface area contributed by atoms with E-state index >= 15 is 0 Å². The van der Waals surface area contributed by atoms with Crippen molar-refractivity contribution in [2.75, 3.05) is 19.6 Å². The van der Waals surface area contributed by atoms with Crippen LogP contribution in [0.1, 0.15) is 28.8 Å². The van der Waals surface area contributed by atoms with Gasteiger partial charge in [0.15, 0.2) is 0 Å². The van der Waals surface area contributed by atoms with E-state index in [1.54, 1.807) is 12.1 Å². The van der Waals surface area contributed by atoms with Gasteiger partial charge in [-0.2, -0.15) is 0 Å². The number of hydrogen-bond donors (Lipinski definition) is 1. The Balaban J connectivity index is 1.67. The van der Waals surface area contributed by atoms with Gasteiger partial charge in [0.05, 0.1) is 0 Å². The van der Waals surface area contributed by atoms with E-state index in [0.717, 1.165) is 44.5 Å². The highest BCUT2D eigenvalue weighted by Gasteiger charge is 2.31. The van der Waals surface area contributed by atoms with Crippen molar-refractivity contribution in [2.24, 2.45) is 0 Å². The molecule has 0 saturated carbocycles. The lowest BCUT2D eigenvalue weighted by Crippen LogP contribution is -2.49. The van der Waals surface area contributed by atoms with Gasteiger partial charge in [0, 0.05) is 28.7 Å². The van der Waals surface area contributed by atoms with Gasteiger partial charge >= 0.3 is 0 Å². The zero-order valence-electron chi connectivity index (χ0n) is 13.9. The van der Waals surface area contributed by atoms with E-state index < -0.39 is 0 Å². The van der Waals surface area contributed by atoms with Gasteiger partial charge in [-0.3, -0.25) is 4.79 Å². The van der Waals surface area contributed by atoms with Crippen LogP contribution in [0.4, 0.5) is 4.39 Å². The number of fused-ring (bicyclic) bond motifs is 1. The summed E-state index contributed by atoms with van der Waals surface area (Å²) in [5.74, 6) is -0.296. The van der Waals surface area contributed by atoms with Gasteiger partial charge in [-0.15, -0.1) is 0 Å². The average molecular weight is 359 g/mol. The molecule has 25 heavy (non-hydrogen) atoms. The second kappa shape index (κ2) is 6.77. The maximum Gasteiger partial charge on any atom is 0.254 e. The minimum atomic E-state index is -0.370. The minimum Gasteiger partial charge on any atom is -0.335 e. The quantitative estimate of drug-likeness (QED) is 0.883. The van der Waals surface area contributed by atoms with Crippen molar-refractivity contribution in [1.29, 1.82) is 0 Å². The van der Waals surface area contributed by atoms with Crippen LogP contribution in [0.15, 0.2) is 36.4 Å². The maximum absolute atomic E-state index is 14.2. The first-order chi connectivity index (χ1) is 12.1. The normalized spacial score (nSPS) is 18.3. The molecule has 2 aromatic carbocycles. The van der Waals surface area contributed by atoms with Gasteiger partial charge in [-0.1, -0.05) is 23.7 Å². The van der Waals surface area contributed by atoms with E-state index in [1.165, 1.54) is 6.07 Å². The van der Waals surface area contributed by atoms with Gasteiger partial charge in [-0.05, 0) is 67.7 Å². The molecule has 0 atom stereocenters. The maximum atomic E-state index is 14.2. The summed E-state index contributed by atoms with van der Waals surface area (Å²) in [6.07, 6.45) is 2.84. The third-order valence-corrected chi connectivity index (χ3v) is 5.45. The molecule has 3 nitrogen and oxygen atoms in total. The summed E-state index contributed by atoms with van der Waals surface area (Å²) < 4.78 is 14.2. The molecule has 0 spiro atoms. The molecule has 4 rings (SSSR count). The van der Waals surface area contributed by atoms with Crippen LogP contribution in [-0.4, -0.2) is 36.5 Å². The minimum absolute atomic E-state index is 0.0735. The Morgan fingerprint density at radius 3 is 2.64 bits per heavy atom. The lowest BCUT2D eigenvalue weighted by molar-refractivity contribution is 0.0623. The van der Waals surface area contributed by atoms with Crippen LogP contribution in [0.5, 0.6) is 0 Å². The van der Waals surface area contributed by atoms with E-state index in [-0.39, 0.29) is 11.7 Å². The lowest BCUT2D eigenvalue weighted by atomic mass is 9.92. The summed E-state index contributed by atoms with van der Waals surface area (Å²) >= 11 is 5.84. The highest BCUT2D eigenvalue weighted by molar-refractivity contribution is 6.30. The van der Waals surface area contributed by atoms with E-state index in [2.05, 4.69) is 5.32 Å². The average Bonchev–Trinajstić information content (AvgIpc) is 2.63. The van der Waals surface area contributed by atoms with Crippen LogP contribution in [-0.2, 0) is 6.42 Å². The third kappa shape index (κ3) is 3.16. The fourth-order valence-corrected chi connectivity index (χ4v) is 4.01. The Hall–Kier alpha value is -1.91. The summed E-state index contributed by atoms with van der Waals surface area (Å²) in [4.78, 5) is 15.0. The van der Waals surface area contributed by atoms with Crippen LogP contribution in [0, 0.1) is 5.82 Å². The zero-order valence-corrected chi connectivity index (χ0v) is 14.7. The summed E-state index contributed by atoms with van der Waals surface area (Å²) in [6.45, 7) is 2.68. The molecule has 2 aliphatic rings. The van der Waals surface area contributed by atoms with Gasteiger partial charge in [0.25, 0.3) is 5.91 Å². The zero-order chi connectivity index (χ0) is 17.4. The number of halogens is 2. The van der Waals surface area contributed by atoms with Crippen molar-refractivity contribution in [1.82, 2.24) is 10.2 Å². The highest BCUT2D eigenvalue weighted by atomic mass is 35.5. The smallest absolute Gasteiger partial charge is 0.254 e. The van der Waals surface area contributed by atoms with Crippen LogP contribution >= 0.6 is 11.6 Å². The molecule has 0 unspecified atom stereocenters. The van der Waals surface area contributed by atoms with E-state index in [1.807, 2.05) is 23.1 Å². The van der Waals surface area contributed by atoms with Gasteiger partial charge in [-0.25, -0.2) is 4.39 Å². The number of nitrogens with one attached hydrogen (secondary N) is 1. The Kier molecular flexibility index (Phi) is 4.48. The molecule has 5 heteroatoms. The number of rotatable bonds is 2. The van der Waals surface area contributed by atoms with Gasteiger partial charge in [0.2, 0.25) is 0 Å². The van der Waals surface area contributed by atoms with Crippen LogP contribution in [0.3, 0.4) is 0 Å². The first kappa shape index (κ1) is 16.6. The van der Waals surface area contributed by atoms with Crippen LogP contribution in [0.25, 0.3) is 11.1 Å². The van der Waals surface area contributed by atoms with E-state index in [9.17, 15) is 9.18 Å². The third-order valence-electron chi connectivity index (χ3n) is 5.21. The number of carbonyl (C=O) groups excluding carboxylic acids is 1. The lowest BCUT2D eigenvalue weighted by Gasteiger charge is -2.37. The second-order valence-corrected chi connectivity index (χ2v) is 7.16. The summed E-state index contributed by atoms with van der Waals surface area (Å²) in [5.41, 5.74) is 2.94. The van der Waals surface area contributed by atoms with Crippen LogP contribution in [0.2, 0.25) is 5.02 Å². The van der Waals surface area contributed by atoms with Gasteiger partial charge in [0.1, 0.15) is 5.82 Å². The van der Waals surface area contributed by atoms with E-state index in [4.69, 9.17) is 11.6 Å². The molecular formula is C20H20ClFN2O. The number of carbonyl (C=O) groups is 1. The monoisotopic (exact) mass is 358 g/mol. The highest BCUT2D eigenvalue weighted by Crippen LogP contribution is 2.30. The Bertz CT molecular complexity index is 817. The van der Waals surface area contributed by atoms with Crippen molar-refractivity contribution in [3.8, 4) is 11.1 Å². The molecule has 1 amide bonds. The standard InChI is InChI=1S/C20H20ClFN2O/c21-15-3-4-17(19(22)12-15)14-2-1-13-7-10-24(20(25)18(13)11-14)16-5-8-23-9-6-16/h1-4,11-12,16,23H,5-10H2. The molecule has 1 N–H and O–H groups in total. The largest absolute Gasteiger partial charge is 0.335 e. The molecule has 2 heterocycles. The van der Waals surface area contributed by atoms with E-state index in [0.29, 0.717) is 27.8 Å². The first-order valence-electron chi connectivity index (χ1n) is 8.73. The Morgan fingerprint density at radius 1 is 1.08 bits per heavy atom. The first-order valence-corrected chi connectivity index (χ1v) is 9.11. The SMILES string of the molecule is O=C1c2cc(-c3ccc(Cl)cc3F)ccc2CCN1C1CCNCC1. The molecule has 1 fully saturated rings. The predicted octanol–water partition coefficient (Wildman–Crippen LogP) is 3.90. The molecule has 1 saturated heterocycles. The van der Waals surface area contributed by atoms with Crippen molar-refractivity contribution in [3.63, 3.8) is 0 Å². The second-order valence-electron chi connectivity index (χ2n) is 6.73. The van der Waals surface area contributed by atoms with Gasteiger partial charge < -0.3 is 10.2 Å². The summed E-state index contributed by atoms with van der Waals surface area (Å²) in [7, 11) is 0. The Morgan fingerprint density at radius 2 is 1.88 bits per heavy atom.